The van der Waals surface area contributed by atoms with E-state index in [1.54, 1.807) is 0 Å². The zero-order valence-electron chi connectivity index (χ0n) is 13.1. The predicted octanol–water partition coefficient (Wildman–Crippen LogP) is 0.0396. The van der Waals surface area contributed by atoms with Crippen LogP contribution in [0.5, 0.6) is 5.75 Å². The van der Waals surface area contributed by atoms with Crippen LogP contribution >= 0.6 is 0 Å². The van der Waals surface area contributed by atoms with Crippen LogP contribution < -0.4 is 17.1 Å². The molecule has 1 fully saturated rings. The first-order valence-electron chi connectivity index (χ1n) is 7.78. The summed E-state index contributed by atoms with van der Waals surface area (Å²) in [5, 5.41) is 10.0. The molecule has 0 aromatic heterocycles. The first-order chi connectivity index (χ1) is 9.65. The van der Waals surface area contributed by atoms with Crippen molar-refractivity contribution in [2.24, 2.45) is 0 Å². The van der Waals surface area contributed by atoms with E-state index >= 15 is 0 Å². The lowest BCUT2D eigenvalue weighted by Crippen LogP contribution is -3.00. The summed E-state index contributed by atoms with van der Waals surface area (Å²) < 4.78 is 5.67. The zero-order chi connectivity index (χ0) is 14.4. The first-order valence-corrected chi connectivity index (χ1v) is 7.78. The molecule has 0 saturated carbocycles. The van der Waals surface area contributed by atoms with Gasteiger partial charge in [0.05, 0.1) is 0 Å². The molecule has 0 bridgehead atoms. The fraction of sp³-hybridized carbons (Fsp3) is 0.647. The molecule has 0 radical (unpaired) electrons. The molecule has 1 aliphatic rings. The number of β-amino-alcohol motifs (C(OH)–C–C–N with tert-alkyl or cyclic N) is 1. The van der Waals surface area contributed by atoms with Gasteiger partial charge in [0.2, 0.25) is 0 Å². The van der Waals surface area contributed by atoms with Crippen molar-refractivity contribution in [2.45, 2.75) is 45.1 Å². The van der Waals surface area contributed by atoms with E-state index in [4.69, 9.17) is 4.74 Å². The highest BCUT2D eigenvalue weighted by Crippen LogP contribution is 2.18. The fourth-order valence-electron chi connectivity index (χ4n) is 2.63. The van der Waals surface area contributed by atoms with Gasteiger partial charge in [0, 0.05) is 6.54 Å². The molecular formula is C17H27ClNO2-. The number of nitrogens with zero attached hydrogens (tertiary/aromatic N) is 1. The molecule has 1 unspecified atom stereocenters. The smallest absolute Gasteiger partial charge is 0.119 e. The van der Waals surface area contributed by atoms with E-state index in [1.165, 1.54) is 24.8 Å². The number of hydrogen-bond acceptors (Lipinski definition) is 3. The van der Waals surface area contributed by atoms with Gasteiger partial charge in [-0.25, -0.2) is 0 Å². The Kier molecular flexibility index (Phi) is 8.09. The van der Waals surface area contributed by atoms with Crippen LogP contribution in [0.15, 0.2) is 24.3 Å². The van der Waals surface area contributed by atoms with Gasteiger partial charge in [-0.15, -0.1) is 0 Å². The van der Waals surface area contributed by atoms with Gasteiger partial charge >= 0.3 is 0 Å². The van der Waals surface area contributed by atoms with Crippen LogP contribution in [-0.2, 0) is 0 Å². The van der Waals surface area contributed by atoms with Crippen molar-refractivity contribution in [2.75, 3.05) is 26.2 Å². The lowest BCUT2D eigenvalue weighted by atomic mass is 10.0. The molecule has 0 spiro atoms. The summed E-state index contributed by atoms with van der Waals surface area (Å²) in [6.07, 6.45) is 3.43. The molecule has 1 aromatic carbocycles. The highest BCUT2D eigenvalue weighted by Gasteiger charge is 2.14. The third kappa shape index (κ3) is 6.25. The molecule has 1 N–H and O–H groups in total. The fourth-order valence-corrected chi connectivity index (χ4v) is 2.63. The van der Waals surface area contributed by atoms with Crippen LogP contribution in [0.4, 0.5) is 0 Å². The van der Waals surface area contributed by atoms with Gasteiger partial charge in [-0.2, -0.15) is 0 Å². The normalized spacial score (nSPS) is 17.3. The van der Waals surface area contributed by atoms with Crippen LogP contribution in [0.3, 0.4) is 0 Å². The first kappa shape index (κ1) is 18.3. The number of benzene rings is 1. The molecule has 2 rings (SSSR count). The Morgan fingerprint density at radius 2 is 1.71 bits per heavy atom. The Morgan fingerprint density at radius 3 is 2.29 bits per heavy atom. The average Bonchev–Trinajstić information content (AvgIpc) is 2.46. The van der Waals surface area contributed by atoms with Gasteiger partial charge in [-0.1, -0.05) is 32.4 Å². The predicted molar refractivity (Wildman–Crippen MR) is 82.3 cm³/mol. The van der Waals surface area contributed by atoms with Gasteiger partial charge in [-0.3, -0.25) is 0 Å². The van der Waals surface area contributed by atoms with Crippen molar-refractivity contribution in [3.05, 3.63) is 29.8 Å². The Balaban J connectivity index is 0.00000220. The molecule has 1 heterocycles. The SMILES string of the molecule is CC(C)c1ccc(OCC(O)CN2CCCCC2)cc1.[Cl-]. The van der Waals surface area contributed by atoms with Crippen LogP contribution in [0.25, 0.3) is 0 Å². The Morgan fingerprint density at radius 1 is 1.10 bits per heavy atom. The van der Waals surface area contributed by atoms with Gasteiger partial charge in [0.15, 0.2) is 0 Å². The molecule has 0 aliphatic carbocycles. The number of hydrogen-bond donors (Lipinski definition) is 1. The summed E-state index contributed by atoms with van der Waals surface area (Å²) in [4.78, 5) is 2.33. The molecular weight excluding hydrogens is 286 g/mol. The number of aliphatic hydroxyl groups is 1. The Bertz CT molecular complexity index is 388. The largest absolute Gasteiger partial charge is 1.00 e. The number of likely N-dealkylation sites (tertiary alicyclic amines) is 1. The summed E-state index contributed by atoms with van der Waals surface area (Å²) in [5.74, 6) is 1.38. The maximum atomic E-state index is 10.0. The second kappa shape index (κ2) is 9.29. The Labute approximate surface area is 134 Å². The number of aliphatic hydroxyl groups excluding tert-OH is 1. The summed E-state index contributed by atoms with van der Waals surface area (Å²) >= 11 is 0. The average molecular weight is 313 g/mol. The Hall–Kier alpha value is -0.770. The maximum Gasteiger partial charge on any atom is 0.119 e. The van der Waals surface area contributed by atoms with Crippen molar-refractivity contribution in [3.8, 4) is 5.75 Å². The third-order valence-electron chi connectivity index (χ3n) is 3.91. The summed E-state index contributed by atoms with van der Waals surface area (Å²) in [6, 6.07) is 8.17. The van der Waals surface area contributed by atoms with Crippen LogP contribution in [0, 0.1) is 0 Å². The van der Waals surface area contributed by atoms with E-state index in [9.17, 15) is 5.11 Å². The number of rotatable bonds is 6. The van der Waals surface area contributed by atoms with Crippen LogP contribution in [0.1, 0.15) is 44.6 Å². The van der Waals surface area contributed by atoms with Gasteiger partial charge < -0.3 is 27.2 Å². The van der Waals surface area contributed by atoms with Crippen molar-refractivity contribution in [1.82, 2.24) is 4.90 Å². The molecule has 1 aromatic rings. The van der Waals surface area contributed by atoms with Crippen molar-refractivity contribution < 1.29 is 22.3 Å². The minimum atomic E-state index is -0.405. The molecule has 0 amide bonds. The monoisotopic (exact) mass is 312 g/mol. The van der Waals surface area contributed by atoms with E-state index in [1.807, 2.05) is 12.1 Å². The van der Waals surface area contributed by atoms with E-state index in [2.05, 4.69) is 30.9 Å². The molecule has 3 nitrogen and oxygen atoms in total. The van der Waals surface area contributed by atoms with Crippen molar-refractivity contribution in [3.63, 3.8) is 0 Å². The second-order valence-electron chi connectivity index (χ2n) is 6.05. The van der Waals surface area contributed by atoms with Gasteiger partial charge in [0.25, 0.3) is 0 Å². The molecule has 120 valence electrons. The second-order valence-corrected chi connectivity index (χ2v) is 6.05. The summed E-state index contributed by atoms with van der Waals surface area (Å²) in [5.41, 5.74) is 1.31. The van der Waals surface area contributed by atoms with E-state index in [0.717, 1.165) is 25.4 Å². The molecule has 1 aliphatic heterocycles. The standard InChI is InChI=1S/C17H27NO2.ClH/c1-14(2)15-6-8-17(9-7-15)20-13-16(19)12-18-10-4-3-5-11-18;/h6-9,14,16,19H,3-5,10-13H2,1-2H3;1H/p-1. The quantitative estimate of drug-likeness (QED) is 0.805. The van der Waals surface area contributed by atoms with Crippen LogP contribution in [-0.4, -0.2) is 42.4 Å². The van der Waals surface area contributed by atoms with Crippen LogP contribution in [0.2, 0.25) is 0 Å². The van der Waals surface area contributed by atoms with Crippen molar-refractivity contribution in [1.29, 1.82) is 0 Å². The van der Waals surface area contributed by atoms with E-state index in [0.29, 0.717) is 12.5 Å². The maximum absolute atomic E-state index is 10.0. The number of piperidine rings is 1. The number of ether oxygens (including phenoxy) is 1. The third-order valence-corrected chi connectivity index (χ3v) is 3.91. The molecule has 21 heavy (non-hydrogen) atoms. The van der Waals surface area contributed by atoms with Gasteiger partial charge in [-0.05, 0) is 49.5 Å². The highest BCUT2D eigenvalue weighted by molar-refractivity contribution is 5.28. The molecule has 4 heteroatoms. The molecule has 1 atom stereocenters. The number of halogens is 1. The van der Waals surface area contributed by atoms with E-state index in [-0.39, 0.29) is 12.4 Å². The summed E-state index contributed by atoms with van der Waals surface area (Å²) in [7, 11) is 0. The lowest BCUT2D eigenvalue weighted by Gasteiger charge is -2.28. The van der Waals surface area contributed by atoms with Crippen molar-refractivity contribution >= 4 is 0 Å². The minimum absolute atomic E-state index is 0. The van der Waals surface area contributed by atoms with Gasteiger partial charge in [0.1, 0.15) is 18.5 Å². The molecule has 1 saturated heterocycles. The van der Waals surface area contributed by atoms with E-state index < -0.39 is 6.10 Å². The highest BCUT2D eigenvalue weighted by atomic mass is 35.5. The zero-order valence-corrected chi connectivity index (χ0v) is 13.9. The minimum Gasteiger partial charge on any atom is -1.00 e. The lowest BCUT2D eigenvalue weighted by molar-refractivity contribution is -0.00000666. The topological polar surface area (TPSA) is 32.7 Å². The summed E-state index contributed by atoms with van der Waals surface area (Å²) in [6.45, 7) is 7.68.